The monoisotopic (exact) mass is 459 g/mol. The highest BCUT2D eigenvalue weighted by atomic mass is 32.2. The Morgan fingerprint density at radius 3 is 2.68 bits per heavy atom. The zero-order valence-electron chi connectivity index (χ0n) is 16.8. The van der Waals surface area contributed by atoms with Gasteiger partial charge < -0.3 is 14.6 Å². The summed E-state index contributed by atoms with van der Waals surface area (Å²) in [6.07, 6.45) is 3.28. The van der Waals surface area contributed by atoms with Gasteiger partial charge in [-0.25, -0.2) is 8.42 Å². The smallest absolute Gasteiger partial charge is 0.261 e. The van der Waals surface area contributed by atoms with Gasteiger partial charge in [0.25, 0.3) is 15.9 Å². The molecule has 0 radical (unpaired) electrons. The van der Waals surface area contributed by atoms with E-state index >= 15 is 0 Å². The second-order valence-corrected chi connectivity index (χ2v) is 9.54. The number of aromatic amines is 1. The Labute approximate surface area is 183 Å². The topological polar surface area (TPSA) is 109 Å². The maximum Gasteiger partial charge on any atom is 0.261 e. The number of aromatic nitrogens is 1. The first kappa shape index (κ1) is 21.4. The summed E-state index contributed by atoms with van der Waals surface area (Å²) >= 11 is 1.50. The maximum absolute atomic E-state index is 13.0. The van der Waals surface area contributed by atoms with Crippen molar-refractivity contribution in [3.63, 3.8) is 0 Å². The van der Waals surface area contributed by atoms with E-state index in [0.717, 1.165) is 4.90 Å². The van der Waals surface area contributed by atoms with Crippen LogP contribution in [0, 0.1) is 0 Å². The van der Waals surface area contributed by atoms with E-state index in [4.69, 9.17) is 4.74 Å². The fraction of sp³-hybridized carbons (Fsp3) is 0.238. The fourth-order valence-corrected chi connectivity index (χ4v) is 4.90. The number of pyridine rings is 1. The summed E-state index contributed by atoms with van der Waals surface area (Å²) in [7, 11) is -3.92. The molecule has 1 aliphatic rings. The van der Waals surface area contributed by atoms with Crippen molar-refractivity contribution in [2.45, 2.75) is 9.79 Å². The normalized spacial score (nSPS) is 14.5. The number of morpholine rings is 1. The Morgan fingerprint density at radius 1 is 1.16 bits per heavy atom. The minimum atomic E-state index is -3.92. The van der Waals surface area contributed by atoms with E-state index in [1.165, 1.54) is 36.2 Å². The van der Waals surface area contributed by atoms with Crippen molar-refractivity contribution in [2.24, 2.45) is 0 Å². The van der Waals surface area contributed by atoms with E-state index in [1.807, 2.05) is 12.3 Å². The lowest BCUT2D eigenvalue weighted by atomic mass is 10.1. The van der Waals surface area contributed by atoms with Crippen LogP contribution in [0.5, 0.6) is 0 Å². The van der Waals surface area contributed by atoms with Crippen molar-refractivity contribution in [1.29, 1.82) is 0 Å². The minimum Gasteiger partial charge on any atom is -0.378 e. The van der Waals surface area contributed by atoms with E-state index in [9.17, 15) is 18.0 Å². The number of nitrogens with one attached hydrogen (secondary N) is 2. The van der Waals surface area contributed by atoms with E-state index in [-0.39, 0.29) is 15.8 Å². The van der Waals surface area contributed by atoms with E-state index in [0.29, 0.717) is 37.5 Å². The molecule has 2 N–H and O–H groups in total. The molecule has 10 heteroatoms. The van der Waals surface area contributed by atoms with Crippen LogP contribution in [0.3, 0.4) is 0 Å². The van der Waals surface area contributed by atoms with Crippen molar-refractivity contribution < 1.29 is 17.9 Å². The molecule has 0 atom stereocenters. The predicted molar refractivity (Wildman–Crippen MR) is 120 cm³/mol. The Balaban J connectivity index is 1.70. The van der Waals surface area contributed by atoms with E-state index in [1.54, 1.807) is 23.1 Å². The number of carbonyl (C=O) groups is 1. The average Bonchev–Trinajstić information content (AvgIpc) is 2.79. The molecule has 1 saturated heterocycles. The van der Waals surface area contributed by atoms with Crippen LogP contribution in [0.4, 0.5) is 5.69 Å². The standard InChI is InChI=1S/C21H21N3O5S2/c1-30-15-4-2-3-14(11-15)23-31(27,28)16-5-6-19-17(12-16)20(25)18(13-22-19)21(26)24-7-9-29-10-8-24/h2-6,11-13,23H,7-10H2,1H3,(H,22,25). The molecule has 0 spiro atoms. The number of fused-ring (bicyclic) bond motifs is 1. The lowest BCUT2D eigenvalue weighted by molar-refractivity contribution is 0.0302. The van der Waals surface area contributed by atoms with Gasteiger partial charge in [-0.3, -0.25) is 14.3 Å². The summed E-state index contributed by atoms with van der Waals surface area (Å²) in [4.78, 5) is 31.1. The first-order valence-electron chi connectivity index (χ1n) is 9.58. The predicted octanol–water partition coefficient (Wildman–Crippen LogP) is 2.52. The number of rotatable bonds is 5. The Bertz CT molecular complexity index is 1300. The zero-order valence-corrected chi connectivity index (χ0v) is 18.4. The first-order chi connectivity index (χ1) is 14.9. The zero-order chi connectivity index (χ0) is 22.0. The summed E-state index contributed by atoms with van der Waals surface area (Å²) in [6.45, 7) is 1.65. The van der Waals surface area contributed by atoms with Gasteiger partial charge in [-0.2, -0.15) is 0 Å². The molecule has 31 heavy (non-hydrogen) atoms. The lowest BCUT2D eigenvalue weighted by Crippen LogP contribution is -2.42. The van der Waals surface area contributed by atoms with Gasteiger partial charge in [-0.15, -0.1) is 11.8 Å². The highest BCUT2D eigenvalue weighted by Crippen LogP contribution is 2.23. The van der Waals surface area contributed by atoms with Crippen LogP contribution in [0.1, 0.15) is 10.4 Å². The minimum absolute atomic E-state index is 0.0235. The van der Waals surface area contributed by atoms with Crippen LogP contribution in [0.25, 0.3) is 10.9 Å². The van der Waals surface area contributed by atoms with Crippen molar-refractivity contribution in [2.75, 3.05) is 37.3 Å². The maximum atomic E-state index is 13.0. The van der Waals surface area contributed by atoms with Gasteiger partial charge in [0.15, 0.2) is 0 Å². The van der Waals surface area contributed by atoms with Crippen LogP contribution in [0.15, 0.2) is 63.2 Å². The third-order valence-corrected chi connectivity index (χ3v) is 7.12. The van der Waals surface area contributed by atoms with Gasteiger partial charge in [0.1, 0.15) is 5.56 Å². The molecule has 0 unspecified atom stereocenters. The van der Waals surface area contributed by atoms with Gasteiger partial charge in [0.05, 0.1) is 18.1 Å². The number of thioether (sulfide) groups is 1. The SMILES string of the molecule is CSc1cccc(NS(=O)(=O)c2ccc3[nH]cc(C(=O)N4CCOCC4)c(=O)c3c2)c1. The van der Waals surface area contributed by atoms with Crippen molar-refractivity contribution in [3.05, 3.63) is 64.4 Å². The third-order valence-electron chi connectivity index (χ3n) is 5.01. The van der Waals surface area contributed by atoms with Crippen LogP contribution >= 0.6 is 11.8 Å². The van der Waals surface area contributed by atoms with Gasteiger partial charge >= 0.3 is 0 Å². The second-order valence-electron chi connectivity index (χ2n) is 6.98. The fourth-order valence-electron chi connectivity index (χ4n) is 3.36. The number of hydrogen-bond acceptors (Lipinski definition) is 6. The molecule has 4 rings (SSSR count). The van der Waals surface area contributed by atoms with Gasteiger partial charge in [-0.05, 0) is 42.7 Å². The molecular formula is C21H21N3O5S2. The van der Waals surface area contributed by atoms with Crippen LogP contribution in [0.2, 0.25) is 0 Å². The van der Waals surface area contributed by atoms with Crippen LogP contribution < -0.4 is 10.2 Å². The molecule has 0 bridgehead atoms. The van der Waals surface area contributed by atoms with Crippen LogP contribution in [-0.2, 0) is 14.8 Å². The second kappa shape index (κ2) is 8.74. The van der Waals surface area contributed by atoms with Crippen molar-refractivity contribution in [3.8, 4) is 0 Å². The average molecular weight is 460 g/mol. The van der Waals surface area contributed by atoms with Crippen molar-refractivity contribution >= 4 is 44.3 Å². The molecule has 2 heterocycles. The summed E-state index contributed by atoms with van der Waals surface area (Å²) in [5.74, 6) is -0.397. The summed E-state index contributed by atoms with van der Waals surface area (Å²) in [6, 6.07) is 11.3. The summed E-state index contributed by atoms with van der Waals surface area (Å²) in [5.41, 5.74) is 0.347. The Hall–Kier alpha value is -2.82. The number of hydrogen-bond donors (Lipinski definition) is 2. The highest BCUT2D eigenvalue weighted by Gasteiger charge is 2.23. The molecule has 3 aromatic rings. The molecule has 1 fully saturated rings. The van der Waals surface area contributed by atoms with E-state index in [2.05, 4.69) is 9.71 Å². The number of sulfonamides is 1. The molecule has 0 aliphatic carbocycles. The third kappa shape index (κ3) is 4.46. The largest absolute Gasteiger partial charge is 0.378 e. The Morgan fingerprint density at radius 2 is 1.94 bits per heavy atom. The number of amides is 1. The van der Waals surface area contributed by atoms with Gasteiger partial charge in [0, 0.05) is 40.8 Å². The molecule has 1 aromatic heterocycles. The molecular weight excluding hydrogens is 438 g/mol. The number of ether oxygens (including phenoxy) is 1. The number of nitrogens with zero attached hydrogens (tertiary/aromatic N) is 1. The first-order valence-corrected chi connectivity index (χ1v) is 12.3. The summed E-state index contributed by atoms with van der Waals surface area (Å²) < 4.78 is 33.6. The molecule has 162 valence electrons. The quantitative estimate of drug-likeness (QED) is 0.568. The molecule has 0 saturated carbocycles. The lowest BCUT2D eigenvalue weighted by Gasteiger charge is -2.26. The van der Waals surface area contributed by atoms with Crippen LogP contribution in [-0.4, -0.2) is 56.8 Å². The molecule has 1 amide bonds. The highest BCUT2D eigenvalue weighted by molar-refractivity contribution is 7.98. The number of anilines is 1. The van der Waals surface area contributed by atoms with Gasteiger partial charge in [-0.1, -0.05) is 6.07 Å². The molecule has 1 aliphatic heterocycles. The summed E-state index contributed by atoms with van der Waals surface area (Å²) in [5, 5.41) is 0.139. The molecule has 2 aromatic carbocycles. The Kier molecular flexibility index (Phi) is 6.03. The van der Waals surface area contributed by atoms with Crippen molar-refractivity contribution in [1.82, 2.24) is 9.88 Å². The molecule has 8 nitrogen and oxygen atoms in total. The number of carbonyl (C=O) groups excluding carboxylic acids is 1. The van der Waals surface area contributed by atoms with Gasteiger partial charge in [0.2, 0.25) is 5.43 Å². The van der Waals surface area contributed by atoms with E-state index < -0.39 is 21.4 Å². The number of H-pyrrole nitrogens is 1. The number of benzene rings is 2.